The molecule has 0 spiro atoms. The summed E-state index contributed by atoms with van der Waals surface area (Å²) < 4.78 is 5.37. The lowest BCUT2D eigenvalue weighted by atomic mass is 10.0. The Hall–Kier alpha value is -2.70. The van der Waals surface area contributed by atoms with Crippen molar-refractivity contribution in [1.29, 1.82) is 0 Å². The van der Waals surface area contributed by atoms with Crippen LogP contribution in [-0.2, 0) is 9.53 Å². The maximum Gasteiger partial charge on any atom is 0.262 e. The Labute approximate surface area is 158 Å². The van der Waals surface area contributed by atoms with Crippen LogP contribution in [0.4, 0.5) is 11.4 Å². The normalized spacial score (nSPS) is 20.5. The SMILES string of the molecule is CC1N(c2ccccc2)C(=O)c2ccccc2N1C(=O)CN1CCOCC1. The summed E-state index contributed by atoms with van der Waals surface area (Å²) >= 11 is 0. The van der Waals surface area contributed by atoms with Gasteiger partial charge in [-0.15, -0.1) is 0 Å². The van der Waals surface area contributed by atoms with Crippen LogP contribution in [0, 0.1) is 0 Å². The summed E-state index contributed by atoms with van der Waals surface area (Å²) in [6.45, 7) is 5.01. The van der Waals surface area contributed by atoms with Gasteiger partial charge in [-0.3, -0.25) is 24.3 Å². The van der Waals surface area contributed by atoms with Crippen LogP contribution in [0.2, 0.25) is 0 Å². The molecule has 6 nitrogen and oxygen atoms in total. The van der Waals surface area contributed by atoms with Gasteiger partial charge in [0.1, 0.15) is 6.17 Å². The first-order chi connectivity index (χ1) is 13.2. The number of fused-ring (bicyclic) bond motifs is 1. The minimum Gasteiger partial charge on any atom is -0.379 e. The highest BCUT2D eigenvalue weighted by Gasteiger charge is 2.39. The van der Waals surface area contributed by atoms with E-state index < -0.39 is 6.17 Å². The van der Waals surface area contributed by atoms with Crippen LogP contribution < -0.4 is 9.80 Å². The molecule has 1 fully saturated rings. The number of anilines is 2. The number of para-hydroxylation sites is 2. The fourth-order valence-corrected chi connectivity index (χ4v) is 3.77. The monoisotopic (exact) mass is 365 g/mol. The van der Waals surface area contributed by atoms with Gasteiger partial charge in [0.2, 0.25) is 5.91 Å². The van der Waals surface area contributed by atoms with Gasteiger partial charge >= 0.3 is 0 Å². The molecule has 0 bridgehead atoms. The van der Waals surface area contributed by atoms with E-state index in [1.54, 1.807) is 15.9 Å². The summed E-state index contributed by atoms with van der Waals surface area (Å²) in [5, 5.41) is 0. The number of rotatable bonds is 3. The zero-order valence-electron chi connectivity index (χ0n) is 15.4. The molecular weight excluding hydrogens is 342 g/mol. The fourth-order valence-electron chi connectivity index (χ4n) is 3.77. The second kappa shape index (κ2) is 7.50. The number of ether oxygens (including phenoxy) is 1. The third-order valence-corrected chi connectivity index (χ3v) is 5.13. The summed E-state index contributed by atoms with van der Waals surface area (Å²) in [5.74, 6) is -0.0926. The molecule has 0 radical (unpaired) electrons. The molecule has 1 saturated heterocycles. The molecule has 0 aromatic heterocycles. The number of nitrogens with zero attached hydrogens (tertiary/aromatic N) is 3. The van der Waals surface area contributed by atoms with Crippen molar-refractivity contribution in [2.75, 3.05) is 42.6 Å². The summed E-state index contributed by atoms with van der Waals surface area (Å²) in [6.07, 6.45) is -0.400. The van der Waals surface area contributed by atoms with Gasteiger partial charge in [0, 0.05) is 18.8 Å². The average molecular weight is 365 g/mol. The lowest BCUT2D eigenvalue weighted by Gasteiger charge is -2.43. The molecule has 1 unspecified atom stereocenters. The van der Waals surface area contributed by atoms with Gasteiger partial charge in [0.15, 0.2) is 0 Å². The molecule has 2 amide bonds. The minimum atomic E-state index is -0.400. The molecule has 2 aromatic carbocycles. The minimum absolute atomic E-state index is 0.00900. The van der Waals surface area contributed by atoms with E-state index in [1.807, 2.05) is 55.5 Å². The highest BCUT2D eigenvalue weighted by molar-refractivity contribution is 6.16. The van der Waals surface area contributed by atoms with Crippen LogP contribution in [0.5, 0.6) is 0 Å². The van der Waals surface area contributed by atoms with E-state index in [0.29, 0.717) is 31.0 Å². The van der Waals surface area contributed by atoms with Crippen molar-refractivity contribution in [2.24, 2.45) is 0 Å². The van der Waals surface area contributed by atoms with Crippen LogP contribution in [0.1, 0.15) is 17.3 Å². The zero-order valence-corrected chi connectivity index (χ0v) is 15.4. The Morgan fingerprint density at radius 1 is 1.04 bits per heavy atom. The quantitative estimate of drug-likeness (QED) is 0.838. The van der Waals surface area contributed by atoms with Crippen molar-refractivity contribution >= 4 is 23.2 Å². The predicted molar refractivity (Wildman–Crippen MR) is 104 cm³/mol. The number of carbonyl (C=O) groups is 2. The highest BCUT2D eigenvalue weighted by atomic mass is 16.5. The first kappa shape index (κ1) is 17.7. The Kier molecular flexibility index (Phi) is 4.92. The van der Waals surface area contributed by atoms with Crippen molar-refractivity contribution in [3.05, 3.63) is 60.2 Å². The van der Waals surface area contributed by atoms with Gasteiger partial charge < -0.3 is 4.74 Å². The maximum absolute atomic E-state index is 13.2. The molecule has 0 saturated carbocycles. The molecule has 4 rings (SSSR count). The standard InChI is InChI=1S/C21H23N3O3/c1-16-23(17-7-3-2-4-8-17)21(26)18-9-5-6-10-19(18)24(16)20(25)15-22-11-13-27-14-12-22/h2-10,16H,11-15H2,1H3. The second-order valence-electron chi connectivity index (χ2n) is 6.81. The van der Waals surface area contributed by atoms with Gasteiger partial charge in [0.05, 0.1) is 31.0 Å². The van der Waals surface area contributed by atoms with E-state index in [0.717, 1.165) is 18.8 Å². The number of amides is 2. The van der Waals surface area contributed by atoms with Gasteiger partial charge in [-0.2, -0.15) is 0 Å². The Morgan fingerprint density at radius 3 is 2.44 bits per heavy atom. The topological polar surface area (TPSA) is 53.1 Å². The van der Waals surface area contributed by atoms with Crippen molar-refractivity contribution in [1.82, 2.24) is 4.90 Å². The van der Waals surface area contributed by atoms with E-state index in [9.17, 15) is 9.59 Å². The second-order valence-corrected chi connectivity index (χ2v) is 6.81. The highest BCUT2D eigenvalue weighted by Crippen LogP contribution is 2.34. The fraction of sp³-hybridized carbons (Fsp3) is 0.333. The van der Waals surface area contributed by atoms with E-state index in [1.165, 1.54) is 0 Å². The van der Waals surface area contributed by atoms with Crippen molar-refractivity contribution in [3.8, 4) is 0 Å². The summed E-state index contributed by atoms with van der Waals surface area (Å²) in [6, 6.07) is 16.8. The Bertz CT molecular complexity index is 834. The van der Waals surface area contributed by atoms with Crippen molar-refractivity contribution in [3.63, 3.8) is 0 Å². The number of hydrogen-bond acceptors (Lipinski definition) is 4. The van der Waals surface area contributed by atoms with Crippen LogP contribution in [0.25, 0.3) is 0 Å². The molecule has 27 heavy (non-hydrogen) atoms. The lowest BCUT2D eigenvalue weighted by molar-refractivity contribution is -0.121. The summed E-state index contributed by atoms with van der Waals surface area (Å²) in [5.41, 5.74) is 2.02. The van der Waals surface area contributed by atoms with Gasteiger partial charge in [-0.1, -0.05) is 30.3 Å². The number of hydrogen-bond donors (Lipinski definition) is 0. The number of benzene rings is 2. The average Bonchev–Trinajstić information content (AvgIpc) is 2.70. The maximum atomic E-state index is 13.2. The van der Waals surface area contributed by atoms with Crippen LogP contribution in [0.3, 0.4) is 0 Å². The first-order valence-electron chi connectivity index (χ1n) is 9.26. The van der Waals surface area contributed by atoms with E-state index in [-0.39, 0.29) is 11.8 Å². The third-order valence-electron chi connectivity index (χ3n) is 5.13. The smallest absolute Gasteiger partial charge is 0.262 e. The molecule has 0 aliphatic carbocycles. The first-order valence-corrected chi connectivity index (χ1v) is 9.26. The zero-order chi connectivity index (χ0) is 18.8. The third kappa shape index (κ3) is 3.34. The van der Waals surface area contributed by atoms with Crippen LogP contribution >= 0.6 is 0 Å². The van der Waals surface area contributed by atoms with Crippen molar-refractivity contribution < 1.29 is 14.3 Å². The summed E-state index contributed by atoms with van der Waals surface area (Å²) in [7, 11) is 0. The molecule has 2 aliphatic rings. The predicted octanol–water partition coefficient (Wildman–Crippen LogP) is 2.36. The Balaban J connectivity index is 1.69. The van der Waals surface area contributed by atoms with Gasteiger partial charge in [-0.25, -0.2) is 0 Å². The molecule has 140 valence electrons. The Morgan fingerprint density at radius 2 is 1.70 bits per heavy atom. The molecule has 1 atom stereocenters. The van der Waals surface area contributed by atoms with E-state index in [4.69, 9.17) is 4.74 Å². The van der Waals surface area contributed by atoms with Crippen LogP contribution in [0.15, 0.2) is 54.6 Å². The van der Waals surface area contributed by atoms with Gasteiger partial charge in [0.25, 0.3) is 5.91 Å². The molecular formula is C21H23N3O3. The molecule has 6 heteroatoms. The van der Waals surface area contributed by atoms with Crippen molar-refractivity contribution in [2.45, 2.75) is 13.1 Å². The van der Waals surface area contributed by atoms with Crippen LogP contribution in [-0.4, -0.2) is 55.7 Å². The van der Waals surface area contributed by atoms with E-state index >= 15 is 0 Å². The molecule has 2 heterocycles. The van der Waals surface area contributed by atoms with Gasteiger partial charge in [-0.05, 0) is 31.2 Å². The molecule has 2 aliphatic heterocycles. The number of carbonyl (C=O) groups excluding carboxylic acids is 2. The molecule has 0 N–H and O–H groups in total. The lowest BCUT2D eigenvalue weighted by Crippen LogP contribution is -2.58. The largest absolute Gasteiger partial charge is 0.379 e. The molecule has 2 aromatic rings. The summed E-state index contributed by atoms with van der Waals surface area (Å²) in [4.78, 5) is 31.9. The number of morpholine rings is 1. The van der Waals surface area contributed by atoms with E-state index in [2.05, 4.69) is 4.90 Å².